The first-order valence-corrected chi connectivity index (χ1v) is 13.7. The van der Waals surface area contributed by atoms with Crippen molar-refractivity contribution in [2.24, 2.45) is 0 Å². The molecular formula is C30H43ClN2O2S. The minimum absolute atomic E-state index is 0. The largest absolute Gasteiger partial charge is 0.507 e. The predicted octanol–water partition coefficient (Wildman–Crippen LogP) is 7.74. The smallest absolute Gasteiger partial charge is 0.261 e. The van der Waals surface area contributed by atoms with E-state index in [2.05, 4.69) is 85.0 Å². The molecule has 1 unspecified atom stereocenters. The number of halogens is 1. The first-order chi connectivity index (χ1) is 16.3. The molecule has 3 rings (SSSR count). The van der Waals surface area contributed by atoms with Crippen LogP contribution in [0.15, 0.2) is 41.3 Å². The number of benzene rings is 2. The first kappa shape index (κ1) is 30.1. The third-order valence-corrected chi connectivity index (χ3v) is 7.53. The summed E-state index contributed by atoms with van der Waals surface area (Å²) in [4.78, 5) is 16.3. The number of anilines is 1. The van der Waals surface area contributed by atoms with E-state index in [0.29, 0.717) is 5.75 Å². The van der Waals surface area contributed by atoms with Crippen molar-refractivity contribution in [1.29, 1.82) is 0 Å². The number of carbonyl (C=O) groups excluding carboxylic acids is 1. The molecule has 6 heteroatoms. The second-order valence-electron chi connectivity index (χ2n) is 11.4. The monoisotopic (exact) mass is 530 g/mol. The third kappa shape index (κ3) is 7.01. The molecule has 0 bridgehead atoms. The number of aromatic hydroxyl groups is 1. The van der Waals surface area contributed by atoms with E-state index >= 15 is 0 Å². The van der Waals surface area contributed by atoms with E-state index in [1.807, 2.05) is 23.1 Å². The van der Waals surface area contributed by atoms with Crippen LogP contribution in [0.25, 0.3) is 6.08 Å². The second kappa shape index (κ2) is 12.0. The number of nitrogens with zero attached hydrogens (tertiary/aromatic N) is 1. The van der Waals surface area contributed by atoms with Gasteiger partial charge in [-0.2, -0.15) is 0 Å². The van der Waals surface area contributed by atoms with Gasteiger partial charge >= 0.3 is 0 Å². The molecule has 0 aliphatic carbocycles. The van der Waals surface area contributed by atoms with Crippen molar-refractivity contribution in [2.75, 3.05) is 17.6 Å². The Morgan fingerprint density at radius 1 is 1.06 bits per heavy atom. The molecule has 1 saturated heterocycles. The van der Waals surface area contributed by atoms with Crippen LogP contribution in [0.5, 0.6) is 5.75 Å². The zero-order valence-corrected chi connectivity index (χ0v) is 24.7. The van der Waals surface area contributed by atoms with Gasteiger partial charge in [-0.05, 0) is 65.1 Å². The van der Waals surface area contributed by atoms with Crippen LogP contribution in [-0.2, 0) is 22.0 Å². The maximum atomic E-state index is 13.6. The van der Waals surface area contributed by atoms with Gasteiger partial charge in [-0.25, -0.2) is 0 Å². The van der Waals surface area contributed by atoms with Crippen LogP contribution in [0.4, 0.5) is 5.69 Å². The number of phenolic OH excluding ortho intramolecular Hbond substituents is 1. The summed E-state index contributed by atoms with van der Waals surface area (Å²) in [7, 11) is 0. The molecule has 1 aliphatic rings. The Balaban J connectivity index is 0.00000456. The number of amides is 1. The lowest BCUT2D eigenvalue weighted by molar-refractivity contribution is -0.128. The van der Waals surface area contributed by atoms with Gasteiger partial charge in [0.2, 0.25) is 0 Å². The number of phenols is 1. The number of carbonyl (C=O) groups is 1. The molecule has 4 nitrogen and oxygen atoms in total. The topological polar surface area (TPSA) is 52.6 Å². The van der Waals surface area contributed by atoms with Gasteiger partial charge in [0.15, 0.2) is 0 Å². The Morgan fingerprint density at radius 2 is 1.67 bits per heavy atom. The minimum Gasteiger partial charge on any atom is -0.507 e. The van der Waals surface area contributed by atoms with E-state index in [4.69, 9.17) is 0 Å². The normalized spacial score (nSPS) is 16.6. The van der Waals surface area contributed by atoms with Gasteiger partial charge in [0, 0.05) is 29.1 Å². The highest BCUT2D eigenvalue weighted by molar-refractivity contribution is 8.04. The lowest BCUT2D eigenvalue weighted by Gasteiger charge is -2.36. The van der Waals surface area contributed by atoms with E-state index in [9.17, 15) is 9.90 Å². The summed E-state index contributed by atoms with van der Waals surface area (Å²) in [6.07, 6.45) is 3.75. The number of aryl methyl sites for hydroxylation is 1. The molecule has 36 heavy (non-hydrogen) atoms. The average Bonchev–Trinajstić information content (AvgIpc) is 2.78. The molecule has 1 amide bonds. The average molecular weight is 531 g/mol. The summed E-state index contributed by atoms with van der Waals surface area (Å²) in [5.41, 5.74) is 4.69. The van der Waals surface area contributed by atoms with Crippen molar-refractivity contribution in [1.82, 2.24) is 4.90 Å². The molecule has 1 aliphatic heterocycles. The fourth-order valence-electron chi connectivity index (χ4n) is 4.47. The lowest BCUT2D eigenvalue weighted by atomic mass is 9.78. The van der Waals surface area contributed by atoms with Crippen molar-refractivity contribution in [3.63, 3.8) is 0 Å². The van der Waals surface area contributed by atoms with Crippen molar-refractivity contribution in [3.8, 4) is 5.75 Å². The fourth-order valence-corrected chi connectivity index (χ4v) is 5.44. The molecule has 2 aromatic carbocycles. The van der Waals surface area contributed by atoms with Gasteiger partial charge < -0.3 is 15.3 Å². The number of nitrogens with one attached hydrogen (secondary N) is 1. The number of hydrogen-bond acceptors (Lipinski definition) is 4. The van der Waals surface area contributed by atoms with Gasteiger partial charge in [-0.1, -0.05) is 67.5 Å². The number of rotatable bonds is 6. The van der Waals surface area contributed by atoms with E-state index in [1.54, 1.807) is 11.8 Å². The zero-order chi connectivity index (χ0) is 26.0. The fraction of sp³-hybridized carbons (Fsp3) is 0.500. The van der Waals surface area contributed by atoms with Crippen molar-refractivity contribution in [2.45, 2.75) is 85.2 Å². The molecule has 0 saturated carbocycles. The molecule has 0 radical (unpaired) electrons. The quantitative estimate of drug-likeness (QED) is 0.375. The maximum Gasteiger partial charge on any atom is 0.261 e. The highest BCUT2D eigenvalue weighted by atomic mass is 35.5. The predicted molar refractivity (Wildman–Crippen MR) is 158 cm³/mol. The Labute approximate surface area is 228 Å². The molecular weight excluding hydrogens is 488 g/mol. The van der Waals surface area contributed by atoms with Crippen LogP contribution < -0.4 is 5.32 Å². The van der Waals surface area contributed by atoms with Crippen LogP contribution >= 0.6 is 24.2 Å². The lowest BCUT2D eigenvalue weighted by Crippen LogP contribution is -2.48. The van der Waals surface area contributed by atoms with Gasteiger partial charge in [0.1, 0.15) is 11.9 Å². The molecule has 198 valence electrons. The summed E-state index contributed by atoms with van der Waals surface area (Å²) in [6, 6.07) is 12.5. The summed E-state index contributed by atoms with van der Waals surface area (Å²) in [6.45, 7) is 17.6. The van der Waals surface area contributed by atoms with Crippen molar-refractivity contribution >= 4 is 41.8 Å². The van der Waals surface area contributed by atoms with Gasteiger partial charge in [0.05, 0.1) is 4.91 Å². The van der Waals surface area contributed by atoms with Crippen LogP contribution in [0.1, 0.15) is 84.1 Å². The Bertz CT molecular complexity index is 1060. The van der Waals surface area contributed by atoms with Crippen molar-refractivity contribution in [3.05, 3.63) is 63.6 Å². The van der Waals surface area contributed by atoms with E-state index in [-0.39, 0.29) is 35.3 Å². The van der Waals surface area contributed by atoms with Crippen LogP contribution in [-0.4, -0.2) is 34.4 Å². The maximum absolute atomic E-state index is 13.6. The van der Waals surface area contributed by atoms with Gasteiger partial charge in [-0.15, -0.1) is 24.2 Å². The van der Waals surface area contributed by atoms with Gasteiger partial charge in [0.25, 0.3) is 5.91 Å². The third-order valence-electron chi connectivity index (χ3n) is 6.54. The highest BCUT2D eigenvalue weighted by Crippen LogP contribution is 2.41. The van der Waals surface area contributed by atoms with E-state index < -0.39 is 0 Å². The summed E-state index contributed by atoms with van der Waals surface area (Å²) >= 11 is 1.62. The summed E-state index contributed by atoms with van der Waals surface area (Å²) < 4.78 is 0. The summed E-state index contributed by atoms with van der Waals surface area (Å²) in [5, 5.41) is 14.6. The Morgan fingerprint density at radius 3 is 2.19 bits per heavy atom. The molecule has 2 aromatic rings. The van der Waals surface area contributed by atoms with Gasteiger partial charge in [-0.3, -0.25) is 4.79 Å². The standard InChI is InChI=1S/C30H42N2O2S.ClH/c1-9-20-12-11-13-22(16-20)31-26(10-2)32-14-15-35-25(28(32)34)19-21-17-23(29(3,4)5)27(33)24(18-21)30(6,7)8;/h11-13,16-19,26,31,33H,9-10,14-15H2,1-8H3;1H/b25-19+;. The van der Waals surface area contributed by atoms with Crippen LogP contribution in [0.2, 0.25) is 0 Å². The minimum atomic E-state index is -0.210. The highest BCUT2D eigenvalue weighted by Gasteiger charge is 2.30. The molecule has 1 atom stereocenters. The molecule has 2 N–H and O–H groups in total. The first-order valence-electron chi connectivity index (χ1n) is 12.7. The molecule has 0 spiro atoms. The zero-order valence-electron chi connectivity index (χ0n) is 23.1. The van der Waals surface area contributed by atoms with Crippen LogP contribution in [0, 0.1) is 0 Å². The number of thioether (sulfide) groups is 1. The molecule has 1 fully saturated rings. The SMILES string of the molecule is CCc1cccc(NC(CC)N2CCS/C(=C/c3cc(C(C)(C)C)c(O)c(C(C)(C)C)c3)C2=O)c1.Cl. The Kier molecular flexibility index (Phi) is 10.0. The molecule has 1 heterocycles. The van der Waals surface area contributed by atoms with Crippen LogP contribution in [0.3, 0.4) is 0 Å². The van der Waals surface area contributed by atoms with E-state index in [1.165, 1.54) is 5.56 Å². The van der Waals surface area contributed by atoms with Crippen molar-refractivity contribution < 1.29 is 9.90 Å². The second-order valence-corrected chi connectivity index (χ2v) is 12.6. The summed E-state index contributed by atoms with van der Waals surface area (Å²) in [5.74, 6) is 1.29. The Hall–Kier alpha value is -2.11. The number of hydrogen-bond donors (Lipinski definition) is 2. The van der Waals surface area contributed by atoms with E-state index in [0.717, 1.165) is 52.4 Å². The molecule has 0 aromatic heterocycles.